The molecule has 0 aromatic rings. The molecule has 4 bridgehead atoms. The van der Waals surface area contributed by atoms with Crippen molar-refractivity contribution in [2.24, 2.45) is 29.1 Å². The normalized spacial score (nSPS) is 38.3. The van der Waals surface area contributed by atoms with E-state index in [0.717, 1.165) is 37.0 Å². The average Bonchev–Trinajstić information content (AvgIpc) is 2.72. The summed E-state index contributed by atoms with van der Waals surface area (Å²) in [7, 11) is 0. The minimum atomic E-state index is -0.258. The molecule has 1 unspecified atom stereocenters. The second-order valence-electron chi connectivity index (χ2n) is 7.50. The molecule has 126 valence electrons. The van der Waals surface area contributed by atoms with E-state index in [4.69, 9.17) is 5.73 Å². The van der Waals surface area contributed by atoms with E-state index < -0.39 is 0 Å². The number of amides is 1. The van der Waals surface area contributed by atoms with Gasteiger partial charge in [0.25, 0.3) is 0 Å². The smallest absolute Gasteiger partial charge is 1.00 e. The number of hydrogen-bond donors (Lipinski definition) is 0. The zero-order valence-corrected chi connectivity index (χ0v) is 16.9. The standard InChI is InChI=1S/C11H17NO.C7H9.2ClH.Ti/c12-10(13)11-4-7-1-8(5-11)3-9(2-7)6-11;1-6-3-4-7(2)5-6;;;/h7-9H,1-6H2,(H2,12,13);3-4,6H,1-2H3;2*1H;/q;-1;;;+4/p-3. The van der Waals surface area contributed by atoms with Gasteiger partial charge in [-0.3, -0.25) is 6.08 Å². The van der Waals surface area contributed by atoms with Crippen LogP contribution in [0.3, 0.4) is 0 Å². The molecule has 1 N–H and O–H groups in total. The summed E-state index contributed by atoms with van der Waals surface area (Å²) in [6.45, 7) is 4.20. The number of rotatable bonds is 1. The number of hydrogen-bond acceptors (Lipinski definition) is 1. The van der Waals surface area contributed by atoms with E-state index in [2.05, 4.69) is 32.1 Å². The van der Waals surface area contributed by atoms with Gasteiger partial charge in [-0.05, 0) is 56.3 Å². The van der Waals surface area contributed by atoms with Crippen LogP contribution >= 0.6 is 0 Å². The van der Waals surface area contributed by atoms with Gasteiger partial charge in [-0.1, -0.05) is 19.8 Å². The first kappa shape index (κ1) is 23.2. The van der Waals surface area contributed by atoms with Crippen molar-refractivity contribution < 1.29 is 51.3 Å². The zero-order valence-electron chi connectivity index (χ0n) is 13.9. The molecule has 1 atom stereocenters. The summed E-state index contributed by atoms with van der Waals surface area (Å²) in [6, 6.07) is 0. The van der Waals surface area contributed by atoms with Crippen LogP contribution in [0.1, 0.15) is 52.4 Å². The number of carbonyl (C=O) groups excluding carboxylic acids is 1. The van der Waals surface area contributed by atoms with Crippen LogP contribution in [0.25, 0.3) is 5.73 Å². The predicted molar refractivity (Wildman–Crippen MR) is 80.7 cm³/mol. The summed E-state index contributed by atoms with van der Waals surface area (Å²) >= 11 is 0. The second-order valence-corrected chi connectivity index (χ2v) is 7.50. The van der Waals surface area contributed by atoms with Gasteiger partial charge in [0.2, 0.25) is 0 Å². The van der Waals surface area contributed by atoms with Gasteiger partial charge < -0.3 is 35.3 Å². The van der Waals surface area contributed by atoms with Crippen LogP contribution in [-0.4, -0.2) is 5.91 Å². The van der Waals surface area contributed by atoms with Gasteiger partial charge in [0.15, 0.2) is 0 Å². The Hall–Kier alpha value is 0.244. The van der Waals surface area contributed by atoms with Crippen LogP contribution in [0.4, 0.5) is 0 Å². The number of nitrogens with one attached hydrogen (secondary N) is 1. The van der Waals surface area contributed by atoms with Gasteiger partial charge in [0.05, 0.1) is 5.91 Å². The van der Waals surface area contributed by atoms with Crippen molar-refractivity contribution >= 4 is 5.91 Å². The maximum Gasteiger partial charge on any atom is 4.00 e. The maximum atomic E-state index is 11.4. The topological polar surface area (TPSA) is 40.9 Å². The molecule has 0 heterocycles. The van der Waals surface area contributed by atoms with Gasteiger partial charge in [0.1, 0.15) is 0 Å². The van der Waals surface area contributed by atoms with Crippen LogP contribution in [-0.2, 0) is 26.5 Å². The summed E-state index contributed by atoms with van der Waals surface area (Å²) in [5.74, 6) is 2.67. The number of allylic oxidation sites excluding steroid dienone is 4. The van der Waals surface area contributed by atoms with E-state index in [1.807, 2.05) is 0 Å². The molecule has 0 aliphatic heterocycles. The van der Waals surface area contributed by atoms with E-state index >= 15 is 0 Å². The molecular weight excluding hydrogens is 365 g/mol. The largest absolute Gasteiger partial charge is 4.00 e. The van der Waals surface area contributed by atoms with Gasteiger partial charge >= 0.3 is 21.7 Å². The SMILES string of the molecule is CC1=[C-]C(C)C=C1.[Cl-].[Cl-].[NH-]C(=O)C12CC3CC(CC(C3)C1)C2.[Ti+4]. The van der Waals surface area contributed by atoms with Crippen LogP contribution in [0, 0.1) is 35.2 Å². The first-order chi connectivity index (χ1) is 9.47. The monoisotopic (exact) mass is 389 g/mol. The Kier molecular flexibility index (Phi) is 9.18. The summed E-state index contributed by atoms with van der Waals surface area (Å²) < 4.78 is 0. The van der Waals surface area contributed by atoms with Gasteiger partial charge in [0, 0.05) is 5.41 Å². The third kappa shape index (κ3) is 5.11. The first-order valence-electron chi connectivity index (χ1n) is 8.01. The van der Waals surface area contributed by atoms with Gasteiger partial charge in [-0.2, -0.15) is 6.08 Å². The quantitative estimate of drug-likeness (QED) is 0.407. The van der Waals surface area contributed by atoms with Crippen molar-refractivity contribution in [3.63, 3.8) is 0 Å². The van der Waals surface area contributed by atoms with E-state index in [1.165, 1.54) is 24.8 Å². The van der Waals surface area contributed by atoms with E-state index in [1.54, 1.807) is 0 Å². The van der Waals surface area contributed by atoms with Crippen molar-refractivity contribution in [1.82, 2.24) is 0 Å². The van der Waals surface area contributed by atoms with E-state index in [9.17, 15) is 4.79 Å². The molecule has 0 radical (unpaired) electrons. The van der Waals surface area contributed by atoms with E-state index in [-0.39, 0.29) is 57.9 Å². The summed E-state index contributed by atoms with van der Waals surface area (Å²) in [6.07, 6.45) is 14.7. The Morgan fingerprint density at radius 3 is 1.78 bits per heavy atom. The van der Waals surface area contributed by atoms with Crippen LogP contribution in [0.5, 0.6) is 0 Å². The van der Waals surface area contributed by atoms with Crippen LogP contribution in [0.15, 0.2) is 17.7 Å². The average molecular weight is 390 g/mol. The molecular formula is C18H25Cl2NOTi. The molecule has 2 nitrogen and oxygen atoms in total. The fourth-order valence-electron chi connectivity index (χ4n) is 5.13. The molecule has 5 heteroatoms. The number of halogens is 2. The molecule has 23 heavy (non-hydrogen) atoms. The Morgan fingerprint density at radius 1 is 1.13 bits per heavy atom. The Balaban J connectivity index is 0.000000426. The first-order valence-corrected chi connectivity index (χ1v) is 8.01. The minimum absolute atomic E-state index is 0. The molecule has 1 amide bonds. The third-order valence-electron chi connectivity index (χ3n) is 5.61. The van der Waals surface area contributed by atoms with Crippen LogP contribution < -0.4 is 24.8 Å². The summed E-state index contributed by atoms with van der Waals surface area (Å²) in [5, 5.41) is 0. The van der Waals surface area contributed by atoms with Crippen molar-refractivity contribution in [2.75, 3.05) is 0 Å². The molecule has 0 spiro atoms. The van der Waals surface area contributed by atoms with Crippen molar-refractivity contribution in [1.29, 1.82) is 0 Å². The molecule has 0 aromatic heterocycles. The minimum Gasteiger partial charge on any atom is -1.00 e. The maximum absolute atomic E-state index is 11.4. The van der Waals surface area contributed by atoms with Crippen molar-refractivity contribution in [3.05, 3.63) is 29.5 Å². The van der Waals surface area contributed by atoms with Gasteiger partial charge in [-0.25, -0.2) is 11.6 Å². The molecule has 5 rings (SSSR count). The van der Waals surface area contributed by atoms with E-state index in [0.29, 0.717) is 5.92 Å². The van der Waals surface area contributed by atoms with Crippen molar-refractivity contribution in [2.45, 2.75) is 52.4 Å². The molecule has 4 fully saturated rings. The molecule has 0 aromatic carbocycles. The van der Waals surface area contributed by atoms with Crippen molar-refractivity contribution in [3.8, 4) is 0 Å². The summed E-state index contributed by atoms with van der Waals surface area (Å²) in [4.78, 5) is 11.4. The fourth-order valence-corrected chi connectivity index (χ4v) is 5.13. The Bertz CT molecular complexity index is 440. The Morgan fingerprint density at radius 2 is 1.57 bits per heavy atom. The van der Waals surface area contributed by atoms with Gasteiger partial charge in [-0.15, -0.1) is 0 Å². The fraction of sp³-hybridized carbons (Fsp3) is 0.722. The molecule has 5 aliphatic rings. The van der Waals surface area contributed by atoms with Crippen LogP contribution in [0.2, 0.25) is 0 Å². The predicted octanol–water partition coefficient (Wildman–Crippen LogP) is -1.27. The molecule has 0 saturated heterocycles. The third-order valence-corrected chi connectivity index (χ3v) is 5.61. The molecule has 5 aliphatic carbocycles. The number of carbonyl (C=O) groups is 1. The molecule has 4 saturated carbocycles. The second kappa shape index (κ2) is 9.08. The Labute approximate surface area is 167 Å². The summed E-state index contributed by atoms with van der Waals surface area (Å²) in [5.41, 5.74) is 8.51. The zero-order chi connectivity index (χ0) is 14.3.